The molecule has 0 radical (unpaired) electrons. The molecule has 0 aliphatic carbocycles. The van der Waals surface area contributed by atoms with Crippen LogP contribution >= 0.6 is 0 Å². The van der Waals surface area contributed by atoms with Crippen molar-refractivity contribution >= 4 is 17.4 Å². The van der Waals surface area contributed by atoms with Crippen molar-refractivity contribution < 1.29 is 28.9 Å². The number of amides is 1. The van der Waals surface area contributed by atoms with E-state index in [2.05, 4.69) is 13.8 Å². The lowest BCUT2D eigenvalue weighted by Crippen LogP contribution is -2.31. The minimum Gasteiger partial charge on any atom is -0.507 e. The number of ketones is 1. The molecule has 2 aliphatic heterocycles. The van der Waals surface area contributed by atoms with E-state index in [1.54, 1.807) is 36.3 Å². The van der Waals surface area contributed by atoms with Gasteiger partial charge in [0, 0.05) is 18.5 Å². The highest BCUT2D eigenvalue weighted by molar-refractivity contribution is 6.46. The van der Waals surface area contributed by atoms with Crippen LogP contribution in [-0.4, -0.2) is 48.1 Å². The first-order valence-corrected chi connectivity index (χ1v) is 14.2. The molecule has 214 valence electrons. The Hall–Kier alpha value is -4.26. The van der Waals surface area contributed by atoms with E-state index in [0.29, 0.717) is 54.5 Å². The monoisotopic (exact) mass is 555 g/mol. The molecule has 3 aromatic carbocycles. The summed E-state index contributed by atoms with van der Waals surface area (Å²) in [6.07, 6.45) is 2.21. The maximum absolute atomic E-state index is 13.5. The Kier molecular flexibility index (Phi) is 8.34. The van der Waals surface area contributed by atoms with Crippen molar-refractivity contribution in [2.75, 3.05) is 20.3 Å². The summed E-state index contributed by atoms with van der Waals surface area (Å²) in [5, 5.41) is 11.6. The summed E-state index contributed by atoms with van der Waals surface area (Å²) >= 11 is 0. The second-order valence-corrected chi connectivity index (χ2v) is 11.1. The van der Waals surface area contributed by atoms with Gasteiger partial charge in [-0.1, -0.05) is 50.2 Å². The molecule has 7 nitrogen and oxygen atoms in total. The highest BCUT2D eigenvalue weighted by atomic mass is 16.5. The number of aliphatic hydroxyl groups excluding tert-OH is 1. The third kappa shape index (κ3) is 5.94. The van der Waals surface area contributed by atoms with Crippen LogP contribution in [0, 0.1) is 5.92 Å². The number of fused-ring (bicyclic) bond motifs is 1. The van der Waals surface area contributed by atoms with Crippen molar-refractivity contribution in [3.8, 4) is 17.2 Å². The van der Waals surface area contributed by atoms with E-state index in [1.807, 2.05) is 49.4 Å². The van der Waals surface area contributed by atoms with Crippen LogP contribution in [0.15, 0.2) is 72.3 Å². The van der Waals surface area contributed by atoms with E-state index < -0.39 is 17.7 Å². The first-order chi connectivity index (χ1) is 19.8. The summed E-state index contributed by atoms with van der Waals surface area (Å²) in [7, 11) is 1.56. The van der Waals surface area contributed by atoms with Crippen LogP contribution in [0.1, 0.15) is 55.5 Å². The van der Waals surface area contributed by atoms with Gasteiger partial charge in [-0.2, -0.15) is 0 Å². The molecule has 0 aromatic heterocycles. The molecule has 0 spiro atoms. The van der Waals surface area contributed by atoms with Crippen molar-refractivity contribution in [1.29, 1.82) is 0 Å². The second-order valence-electron chi connectivity index (χ2n) is 11.1. The molecule has 1 N–H and O–H groups in total. The van der Waals surface area contributed by atoms with Gasteiger partial charge in [-0.15, -0.1) is 0 Å². The average molecular weight is 556 g/mol. The van der Waals surface area contributed by atoms with E-state index in [4.69, 9.17) is 14.2 Å². The van der Waals surface area contributed by atoms with Gasteiger partial charge in [0.15, 0.2) is 11.5 Å². The van der Waals surface area contributed by atoms with Gasteiger partial charge in [-0.3, -0.25) is 9.59 Å². The summed E-state index contributed by atoms with van der Waals surface area (Å²) in [4.78, 5) is 28.6. The Labute approximate surface area is 241 Å². The van der Waals surface area contributed by atoms with Gasteiger partial charge in [0.05, 0.1) is 25.3 Å². The minimum atomic E-state index is -0.791. The van der Waals surface area contributed by atoms with Gasteiger partial charge < -0.3 is 24.2 Å². The topological polar surface area (TPSA) is 85.3 Å². The summed E-state index contributed by atoms with van der Waals surface area (Å²) in [5.41, 5.74) is 3.21. The third-order valence-corrected chi connectivity index (χ3v) is 7.65. The molecule has 0 unspecified atom stereocenters. The molecule has 3 aromatic rings. The van der Waals surface area contributed by atoms with Crippen LogP contribution in [-0.2, 0) is 22.4 Å². The Morgan fingerprint density at radius 2 is 1.83 bits per heavy atom. The number of ether oxygens (including phenoxy) is 3. The van der Waals surface area contributed by atoms with Crippen molar-refractivity contribution in [3.63, 3.8) is 0 Å². The number of likely N-dealkylation sites (tertiary alicyclic amines) is 1. The zero-order valence-corrected chi connectivity index (χ0v) is 24.1. The smallest absolute Gasteiger partial charge is 0.295 e. The van der Waals surface area contributed by atoms with E-state index in [-0.39, 0.29) is 17.4 Å². The fourth-order valence-electron chi connectivity index (χ4n) is 5.45. The standard InChI is InChI=1S/C34H37NO6/c1-21(2)15-17-40-28-13-10-24(20-29(28)39-4)31-30(32(36)25-11-12-27-26(19-25)18-22(3)41-27)33(37)34(38)35(31)16-14-23-8-6-5-7-9-23/h5-13,19-22,31,36H,14-18H2,1-4H3/b32-30+/t22-,31+/m1/s1. The number of nitrogens with zero attached hydrogens (tertiary/aromatic N) is 1. The lowest BCUT2D eigenvalue weighted by atomic mass is 9.94. The molecular formula is C34H37NO6. The van der Waals surface area contributed by atoms with Crippen LogP contribution in [0.4, 0.5) is 0 Å². The molecule has 1 amide bonds. The third-order valence-electron chi connectivity index (χ3n) is 7.65. The van der Waals surface area contributed by atoms with Crippen molar-refractivity contribution in [2.24, 2.45) is 5.92 Å². The van der Waals surface area contributed by atoms with Gasteiger partial charge in [0.25, 0.3) is 11.7 Å². The predicted molar refractivity (Wildman–Crippen MR) is 157 cm³/mol. The van der Waals surface area contributed by atoms with Crippen LogP contribution < -0.4 is 14.2 Å². The second kappa shape index (κ2) is 12.1. The zero-order chi connectivity index (χ0) is 29.1. The molecule has 5 rings (SSSR count). The molecule has 2 atom stereocenters. The molecule has 41 heavy (non-hydrogen) atoms. The SMILES string of the molecule is COc1cc([C@H]2/C(=C(\O)c3ccc4c(c3)C[C@@H](C)O4)C(=O)C(=O)N2CCc2ccccc2)ccc1OCCC(C)C. The van der Waals surface area contributed by atoms with E-state index in [0.717, 1.165) is 23.3 Å². The number of benzene rings is 3. The average Bonchev–Trinajstić information content (AvgIpc) is 3.46. The largest absolute Gasteiger partial charge is 0.507 e. The van der Waals surface area contributed by atoms with Crippen LogP contribution in [0.5, 0.6) is 17.2 Å². The Bertz CT molecular complexity index is 1460. The fourth-order valence-corrected chi connectivity index (χ4v) is 5.45. The van der Waals surface area contributed by atoms with E-state index >= 15 is 0 Å². The number of methoxy groups -OCH3 is 1. The minimum absolute atomic E-state index is 0.0414. The number of hydrogen-bond acceptors (Lipinski definition) is 6. The molecule has 7 heteroatoms. The Morgan fingerprint density at radius 3 is 2.56 bits per heavy atom. The van der Waals surface area contributed by atoms with Crippen LogP contribution in [0.3, 0.4) is 0 Å². The maximum Gasteiger partial charge on any atom is 0.295 e. The summed E-state index contributed by atoms with van der Waals surface area (Å²) < 4.78 is 17.4. The number of hydrogen-bond donors (Lipinski definition) is 1. The number of carbonyl (C=O) groups is 2. The molecule has 0 saturated carbocycles. The Balaban J connectivity index is 1.55. The lowest BCUT2D eigenvalue weighted by Gasteiger charge is -2.26. The normalized spacial score (nSPS) is 19.4. The van der Waals surface area contributed by atoms with Crippen molar-refractivity contribution in [3.05, 3.63) is 94.6 Å². The van der Waals surface area contributed by atoms with Crippen LogP contribution in [0.25, 0.3) is 5.76 Å². The maximum atomic E-state index is 13.5. The van der Waals surface area contributed by atoms with Gasteiger partial charge in [0.1, 0.15) is 17.6 Å². The molecule has 0 bridgehead atoms. The van der Waals surface area contributed by atoms with Gasteiger partial charge in [-0.25, -0.2) is 0 Å². The number of carbonyl (C=O) groups excluding carboxylic acids is 2. The molecule has 2 heterocycles. The van der Waals surface area contributed by atoms with Crippen molar-refractivity contribution in [1.82, 2.24) is 4.90 Å². The van der Waals surface area contributed by atoms with Crippen molar-refractivity contribution in [2.45, 2.75) is 52.2 Å². The van der Waals surface area contributed by atoms with Gasteiger partial charge >= 0.3 is 0 Å². The summed E-state index contributed by atoms with van der Waals surface area (Å²) in [6, 6.07) is 19.8. The summed E-state index contributed by atoms with van der Waals surface area (Å²) in [6.45, 7) is 7.11. The highest BCUT2D eigenvalue weighted by Crippen LogP contribution is 2.43. The number of Topliss-reactive ketones (excluding diaryl/α,β-unsaturated/α-hetero) is 1. The zero-order valence-electron chi connectivity index (χ0n) is 24.1. The first-order valence-electron chi connectivity index (χ1n) is 14.2. The molecular weight excluding hydrogens is 518 g/mol. The quantitative estimate of drug-likeness (QED) is 0.185. The van der Waals surface area contributed by atoms with Gasteiger partial charge in [-0.05, 0) is 72.7 Å². The highest BCUT2D eigenvalue weighted by Gasteiger charge is 2.46. The van der Waals surface area contributed by atoms with Crippen LogP contribution in [0.2, 0.25) is 0 Å². The van der Waals surface area contributed by atoms with E-state index in [9.17, 15) is 14.7 Å². The number of rotatable bonds is 10. The van der Waals surface area contributed by atoms with E-state index in [1.165, 1.54) is 0 Å². The first kappa shape index (κ1) is 28.3. The molecule has 1 saturated heterocycles. The fraction of sp³-hybridized carbons (Fsp3) is 0.353. The predicted octanol–water partition coefficient (Wildman–Crippen LogP) is 6.11. The Morgan fingerprint density at radius 1 is 1.05 bits per heavy atom. The lowest BCUT2D eigenvalue weighted by molar-refractivity contribution is -0.139. The summed E-state index contributed by atoms with van der Waals surface area (Å²) in [5.74, 6) is 0.817. The van der Waals surface area contributed by atoms with Gasteiger partial charge in [0.2, 0.25) is 0 Å². The molecule has 2 aliphatic rings. The molecule has 1 fully saturated rings. The number of aliphatic hydroxyl groups is 1.